The van der Waals surface area contributed by atoms with Crippen LogP contribution in [-0.2, 0) is 25.6 Å². The van der Waals surface area contributed by atoms with Crippen LogP contribution in [0.2, 0.25) is 5.02 Å². The molecule has 12 heteroatoms. The molecule has 2 unspecified atom stereocenters. The predicted octanol–water partition coefficient (Wildman–Crippen LogP) is 0.0288. The monoisotopic (exact) mass is 474 g/mol. The van der Waals surface area contributed by atoms with Crippen molar-refractivity contribution in [2.24, 2.45) is 23.1 Å². The normalized spacial score (nSPS) is 15.1. The van der Waals surface area contributed by atoms with E-state index in [0.717, 1.165) is 31.5 Å². The van der Waals surface area contributed by atoms with Gasteiger partial charge in [-0.2, -0.15) is 0 Å². The molecule has 1 aromatic rings. The SMILES string of the molecule is NC(=O)CCC(N)C(=O)O.NC(Cc1ccc(Cl)cc1)C(=O)O.O=C(O)C1CCNCC1. The number of hydrogen-bond donors (Lipinski definition) is 7. The van der Waals surface area contributed by atoms with Gasteiger partial charge in [-0.25, -0.2) is 0 Å². The second-order valence-corrected chi connectivity index (χ2v) is 7.52. The van der Waals surface area contributed by atoms with Crippen molar-refractivity contribution in [2.45, 2.75) is 44.2 Å². The van der Waals surface area contributed by atoms with Gasteiger partial charge in [-0.3, -0.25) is 19.2 Å². The Hall–Kier alpha value is -2.73. The average Bonchev–Trinajstić information content (AvgIpc) is 2.75. The number of nitrogens with two attached hydrogens (primary N) is 3. The average molecular weight is 475 g/mol. The molecule has 10 N–H and O–H groups in total. The predicted molar refractivity (Wildman–Crippen MR) is 118 cm³/mol. The molecular formula is C20H31ClN4O7. The quantitative estimate of drug-likeness (QED) is 0.267. The van der Waals surface area contributed by atoms with E-state index >= 15 is 0 Å². The molecule has 0 aliphatic carbocycles. The zero-order valence-electron chi connectivity index (χ0n) is 17.6. The molecule has 11 nitrogen and oxygen atoms in total. The van der Waals surface area contributed by atoms with E-state index in [1.807, 2.05) is 0 Å². The van der Waals surface area contributed by atoms with E-state index in [-0.39, 0.29) is 18.8 Å². The number of carbonyl (C=O) groups is 4. The maximum absolute atomic E-state index is 10.4. The van der Waals surface area contributed by atoms with Crippen molar-refractivity contribution in [1.29, 1.82) is 0 Å². The third-order valence-corrected chi connectivity index (χ3v) is 4.65. The number of hydrogen-bond acceptors (Lipinski definition) is 7. The van der Waals surface area contributed by atoms with Crippen molar-refractivity contribution in [3.05, 3.63) is 34.9 Å². The molecule has 0 spiro atoms. The highest BCUT2D eigenvalue weighted by molar-refractivity contribution is 6.30. The van der Waals surface area contributed by atoms with Crippen LogP contribution in [0.1, 0.15) is 31.2 Å². The molecule has 0 saturated carbocycles. The molecule has 1 fully saturated rings. The molecule has 2 rings (SSSR count). The Labute approximate surface area is 190 Å². The van der Waals surface area contributed by atoms with Gasteiger partial charge in [0.2, 0.25) is 5.91 Å². The van der Waals surface area contributed by atoms with Gasteiger partial charge in [0.15, 0.2) is 0 Å². The lowest BCUT2D eigenvalue weighted by Gasteiger charge is -2.17. The fourth-order valence-corrected chi connectivity index (χ4v) is 2.58. The Balaban J connectivity index is 0.000000460. The second-order valence-electron chi connectivity index (χ2n) is 7.09. The molecule has 1 aliphatic rings. The smallest absolute Gasteiger partial charge is 0.320 e. The van der Waals surface area contributed by atoms with E-state index in [1.165, 1.54) is 0 Å². The van der Waals surface area contributed by atoms with E-state index < -0.39 is 35.9 Å². The largest absolute Gasteiger partial charge is 0.481 e. The summed E-state index contributed by atoms with van der Waals surface area (Å²) >= 11 is 5.66. The molecule has 180 valence electrons. The van der Waals surface area contributed by atoms with Crippen LogP contribution in [-0.4, -0.2) is 64.3 Å². The third-order valence-electron chi connectivity index (χ3n) is 4.39. The number of nitrogens with one attached hydrogen (secondary N) is 1. The lowest BCUT2D eigenvalue weighted by Crippen LogP contribution is -2.32. The zero-order valence-corrected chi connectivity index (χ0v) is 18.3. The van der Waals surface area contributed by atoms with Crippen LogP contribution in [0.15, 0.2) is 24.3 Å². The Morgan fingerprint density at radius 2 is 1.47 bits per heavy atom. The summed E-state index contributed by atoms with van der Waals surface area (Å²) < 4.78 is 0. The summed E-state index contributed by atoms with van der Waals surface area (Å²) in [6.07, 6.45) is 2.02. The number of carbonyl (C=O) groups excluding carboxylic acids is 1. The second kappa shape index (κ2) is 16.0. The molecule has 0 aromatic heterocycles. The van der Waals surface area contributed by atoms with Crippen molar-refractivity contribution >= 4 is 35.4 Å². The first-order valence-electron chi connectivity index (χ1n) is 9.87. The highest BCUT2D eigenvalue weighted by Gasteiger charge is 2.19. The minimum atomic E-state index is -1.11. The molecule has 2 atom stereocenters. The van der Waals surface area contributed by atoms with Crippen LogP contribution in [0.5, 0.6) is 0 Å². The fourth-order valence-electron chi connectivity index (χ4n) is 2.45. The van der Waals surface area contributed by atoms with Gasteiger partial charge in [-0.05, 0) is 56.5 Å². The van der Waals surface area contributed by atoms with Gasteiger partial charge in [0, 0.05) is 11.4 Å². The van der Waals surface area contributed by atoms with Gasteiger partial charge in [0.25, 0.3) is 0 Å². The van der Waals surface area contributed by atoms with Gasteiger partial charge in [-0.1, -0.05) is 23.7 Å². The summed E-state index contributed by atoms with van der Waals surface area (Å²) in [5, 5.41) is 29.0. The number of halogens is 1. The van der Waals surface area contributed by atoms with Crippen molar-refractivity contribution < 1.29 is 34.5 Å². The number of amides is 1. The summed E-state index contributed by atoms with van der Waals surface area (Å²) in [5.41, 5.74) is 16.0. The standard InChI is InChI=1S/C9H10ClNO2.C6H11NO2.C5H10N2O3/c10-7-3-1-6(2-4-7)5-8(11)9(12)13;8-6(9)5-1-3-7-4-2-5;6-3(5(9)10)1-2-4(7)8/h1-4,8H,5,11H2,(H,12,13);5,7H,1-4H2,(H,8,9);3H,1-2,6H2,(H2,7,8)(H,9,10). The number of carboxylic acids is 3. The molecule has 1 amide bonds. The van der Waals surface area contributed by atoms with Crippen molar-refractivity contribution in [3.63, 3.8) is 0 Å². The van der Waals surface area contributed by atoms with Crippen LogP contribution in [0.25, 0.3) is 0 Å². The van der Waals surface area contributed by atoms with Crippen LogP contribution in [0, 0.1) is 5.92 Å². The first-order valence-corrected chi connectivity index (χ1v) is 10.2. The maximum atomic E-state index is 10.4. The minimum absolute atomic E-state index is 0.0213. The molecule has 1 aromatic carbocycles. The molecule has 32 heavy (non-hydrogen) atoms. The Morgan fingerprint density at radius 1 is 0.969 bits per heavy atom. The van der Waals surface area contributed by atoms with Crippen LogP contribution in [0.4, 0.5) is 0 Å². The minimum Gasteiger partial charge on any atom is -0.481 e. The van der Waals surface area contributed by atoms with Gasteiger partial charge < -0.3 is 37.8 Å². The van der Waals surface area contributed by atoms with Crippen molar-refractivity contribution in [2.75, 3.05) is 13.1 Å². The van der Waals surface area contributed by atoms with E-state index in [2.05, 4.69) is 5.32 Å². The summed E-state index contributed by atoms with van der Waals surface area (Å²) in [5.74, 6) is -3.37. The van der Waals surface area contributed by atoms with Crippen LogP contribution >= 0.6 is 11.6 Å². The van der Waals surface area contributed by atoms with Gasteiger partial charge in [0.05, 0.1) is 5.92 Å². The fraction of sp³-hybridized carbons (Fsp3) is 0.500. The van der Waals surface area contributed by atoms with Gasteiger partial charge >= 0.3 is 17.9 Å². The summed E-state index contributed by atoms with van der Waals surface area (Å²) in [6, 6.07) is 5.14. The number of rotatable bonds is 8. The highest BCUT2D eigenvalue weighted by atomic mass is 35.5. The van der Waals surface area contributed by atoms with Gasteiger partial charge in [-0.15, -0.1) is 0 Å². The lowest BCUT2D eigenvalue weighted by atomic mass is 9.99. The summed E-state index contributed by atoms with van der Waals surface area (Å²) in [6.45, 7) is 1.72. The van der Waals surface area contributed by atoms with E-state index in [4.69, 9.17) is 44.1 Å². The zero-order chi connectivity index (χ0) is 24.7. The summed E-state index contributed by atoms with van der Waals surface area (Å²) in [4.78, 5) is 40.9. The first kappa shape index (κ1) is 29.3. The number of carboxylic acid groups (broad SMARTS) is 3. The lowest BCUT2D eigenvalue weighted by molar-refractivity contribution is -0.142. The van der Waals surface area contributed by atoms with E-state index in [9.17, 15) is 19.2 Å². The summed E-state index contributed by atoms with van der Waals surface area (Å²) in [7, 11) is 0. The number of benzene rings is 1. The van der Waals surface area contributed by atoms with Crippen molar-refractivity contribution in [1.82, 2.24) is 5.32 Å². The van der Waals surface area contributed by atoms with E-state index in [1.54, 1.807) is 24.3 Å². The Bertz CT molecular complexity index is 740. The molecule has 0 radical (unpaired) electrons. The van der Waals surface area contributed by atoms with Crippen LogP contribution < -0.4 is 22.5 Å². The third kappa shape index (κ3) is 14.3. The molecule has 1 heterocycles. The van der Waals surface area contributed by atoms with Crippen molar-refractivity contribution in [3.8, 4) is 0 Å². The maximum Gasteiger partial charge on any atom is 0.320 e. The number of primary amides is 1. The topological polar surface area (TPSA) is 219 Å². The number of piperidine rings is 1. The first-order chi connectivity index (χ1) is 14.9. The Kier molecular flexibility index (Phi) is 14.6. The van der Waals surface area contributed by atoms with Gasteiger partial charge in [0.1, 0.15) is 12.1 Å². The molecule has 1 aliphatic heterocycles. The highest BCUT2D eigenvalue weighted by Crippen LogP contribution is 2.11. The van der Waals surface area contributed by atoms with E-state index in [0.29, 0.717) is 11.4 Å². The Morgan fingerprint density at radius 3 is 1.84 bits per heavy atom. The molecule has 1 saturated heterocycles. The number of aliphatic carboxylic acids is 3. The molecular weight excluding hydrogens is 444 g/mol. The molecule has 0 bridgehead atoms. The van der Waals surface area contributed by atoms with Crippen LogP contribution in [0.3, 0.4) is 0 Å².